The molecule has 2 aromatic carbocycles. The molecule has 2 aromatic heterocycles. The Hall–Kier alpha value is -3.21. The second kappa shape index (κ2) is 10.0. The molecular formula is C26H27N3O5S2. The van der Waals surface area contributed by atoms with E-state index in [4.69, 9.17) is 9.15 Å². The van der Waals surface area contributed by atoms with E-state index in [9.17, 15) is 13.2 Å². The van der Waals surface area contributed by atoms with Gasteiger partial charge in [0.2, 0.25) is 10.0 Å². The Morgan fingerprint density at radius 1 is 1.25 bits per heavy atom. The number of rotatable bonds is 7. The molecule has 5 rings (SSSR count). The number of carbonyl (C=O) groups is 1. The number of nitrogens with one attached hydrogen (secondary N) is 1. The molecule has 188 valence electrons. The van der Waals surface area contributed by atoms with Gasteiger partial charge in [0.1, 0.15) is 5.69 Å². The van der Waals surface area contributed by atoms with Crippen molar-refractivity contribution in [2.24, 2.45) is 5.92 Å². The minimum absolute atomic E-state index is 0.195. The highest BCUT2D eigenvalue weighted by Crippen LogP contribution is 2.34. The van der Waals surface area contributed by atoms with E-state index in [1.165, 1.54) is 39.9 Å². The van der Waals surface area contributed by atoms with Gasteiger partial charge in [0.15, 0.2) is 22.2 Å². The molecule has 0 unspecified atom stereocenters. The maximum absolute atomic E-state index is 13.0. The number of sulfonamides is 1. The minimum Gasteiger partial charge on any atom is -0.490 e. The third-order valence-electron chi connectivity index (χ3n) is 6.16. The second-order valence-corrected chi connectivity index (χ2v) is 11.6. The van der Waals surface area contributed by atoms with E-state index in [0.29, 0.717) is 59.1 Å². The van der Waals surface area contributed by atoms with Gasteiger partial charge in [-0.25, -0.2) is 13.4 Å². The van der Waals surface area contributed by atoms with Crippen molar-refractivity contribution < 1.29 is 22.4 Å². The smallest absolute Gasteiger partial charge is 0.257 e. The Labute approximate surface area is 214 Å². The lowest BCUT2D eigenvalue weighted by atomic mass is 10.0. The Bertz CT molecular complexity index is 1490. The number of benzene rings is 2. The Morgan fingerprint density at radius 3 is 2.81 bits per heavy atom. The lowest BCUT2D eigenvalue weighted by Gasteiger charge is -2.30. The van der Waals surface area contributed by atoms with Crippen molar-refractivity contribution >= 4 is 43.4 Å². The molecule has 1 saturated heterocycles. The van der Waals surface area contributed by atoms with Gasteiger partial charge in [0.25, 0.3) is 5.91 Å². The third kappa shape index (κ3) is 4.88. The predicted molar refractivity (Wildman–Crippen MR) is 140 cm³/mol. The van der Waals surface area contributed by atoms with Crippen LogP contribution < -0.4 is 10.1 Å². The molecule has 1 fully saturated rings. The van der Waals surface area contributed by atoms with Crippen LogP contribution in [-0.2, 0) is 10.0 Å². The fraction of sp³-hybridized carbons (Fsp3) is 0.308. The summed E-state index contributed by atoms with van der Waals surface area (Å²) in [6.45, 7) is 5.56. The van der Waals surface area contributed by atoms with E-state index in [1.54, 1.807) is 0 Å². The average Bonchev–Trinajstić information content (AvgIpc) is 3.52. The lowest BCUT2D eigenvalue weighted by molar-refractivity contribution is 0.102. The van der Waals surface area contributed by atoms with Crippen molar-refractivity contribution in [3.05, 3.63) is 59.5 Å². The lowest BCUT2D eigenvalue weighted by Crippen LogP contribution is -2.39. The van der Waals surface area contributed by atoms with Crippen LogP contribution in [0, 0.1) is 5.92 Å². The Kier molecular flexibility index (Phi) is 6.83. The van der Waals surface area contributed by atoms with E-state index in [0.717, 1.165) is 18.2 Å². The SMILES string of the molecule is CCOc1cccc2cc(-c3csc(NC(=O)c4ccc(S(=O)(=O)N5CCC[C@H](C)C5)cc4)n3)oc12. The summed E-state index contributed by atoms with van der Waals surface area (Å²) in [5, 5.41) is 5.91. The number of hydrogen-bond acceptors (Lipinski definition) is 7. The number of furan rings is 1. The molecule has 0 spiro atoms. The highest BCUT2D eigenvalue weighted by atomic mass is 32.2. The number of anilines is 1. The molecule has 36 heavy (non-hydrogen) atoms. The maximum atomic E-state index is 13.0. The molecule has 1 aliphatic heterocycles. The van der Waals surface area contributed by atoms with Crippen LogP contribution in [-0.4, -0.2) is 43.3 Å². The van der Waals surface area contributed by atoms with Gasteiger partial charge < -0.3 is 9.15 Å². The first-order valence-electron chi connectivity index (χ1n) is 11.9. The summed E-state index contributed by atoms with van der Waals surface area (Å²) < 4.78 is 39.1. The van der Waals surface area contributed by atoms with Gasteiger partial charge >= 0.3 is 0 Å². The molecule has 1 atom stereocenters. The van der Waals surface area contributed by atoms with E-state index < -0.39 is 10.0 Å². The summed E-state index contributed by atoms with van der Waals surface area (Å²) in [5.41, 5.74) is 1.61. The second-order valence-electron chi connectivity index (χ2n) is 8.85. The van der Waals surface area contributed by atoms with Gasteiger partial charge in [-0.05, 0) is 62.1 Å². The van der Waals surface area contributed by atoms with Gasteiger partial charge in [0.05, 0.1) is 11.5 Å². The average molecular weight is 526 g/mol. The number of para-hydroxylation sites is 1. The first-order valence-corrected chi connectivity index (χ1v) is 14.2. The first kappa shape index (κ1) is 24.5. The van der Waals surface area contributed by atoms with E-state index in [1.807, 2.05) is 36.6 Å². The zero-order valence-corrected chi connectivity index (χ0v) is 21.7. The van der Waals surface area contributed by atoms with Gasteiger partial charge in [-0.3, -0.25) is 10.1 Å². The van der Waals surface area contributed by atoms with Gasteiger partial charge in [-0.15, -0.1) is 11.3 Å². The quantitative estimate of drug-likeness (QED) is 0.336. The summed E-state index contributed by atoms with van der Waals surface area (Å²) in [7, 11) is -3.57. The molecule has 4 aromatic rings. The predicted octanol–water partition coefficient (Wildman–Crippen LogP) is 5.63. The summed E-state index contributed by atoms with van der Waals surface area (Å²) in [6.07, 6.45) is 1.90. The van der Waals surface area contributed by atoms with Crippen molar-refractivity contribution in [1.29, 1.82) is 0 Å². The van der Waals surface area contributed by atoms with Crippen molar-refractivity contribution in [3.8, 4) is 17.2 Å². The maximum Gasteiger partial charge on any atom is 0.257 e. The fourth-order valence-electron chi connectivity index (χ4n) is 4.34. The van der Waals surface area contributed by atoms with Crippen LogP contribution in [0.3, 0.4) is 0 Å². The highest BCUT2D eigenvalue weighted by molar-refractivity contribution is 7.89. The van der Waals surface area contributed by atoms with Crippen molar-refractivity contribution in [3.63, 3.8) is 0 Å². The summed E-state index contributed by atoms with van der Waals surface area (Å²) in [6, 6.07) is 13.6. The molecule has 3 heterocycles. The minimum atomic E-state index is -3.57. The van der Waals surface area contributed by atoms with Crippen LogP contribution in [0.15, 0.2) is 63.2 Å². The number of carbonyl (C=O) groups excluding carboxylic acids is 1. The number of nitrogens with zero attached hydrogens (tertiary/aromatic N) is 2. The summed E-state index contributed by atoms with van der Waals surface area (Å²) in [5.74, 6) is 1.23. The Balaban J connectivity index is 1.29. The first-order chi connectivity index (χ1) is 17.3. The molecule has 8 nitrogen and oxygen atoms in total. The number of ether oxygens (including phenoxy) is 1. The van der Waals surface area contributed by atoms with Crippen molar-refractivity contribution in [1.82, 2.24) is 9.29 Å². The molecule has 0 aliphatic carbocycles. The normalized spacial score (nSPS) is 16.8. The van der Waals surface area contributed by atoms with E-state index in [-0.39, 0.29) is 10.8 Å². The van der Waals surface area contributed by atoms with Crippen LogP contribution in [0.25, 0.3) is 22.4 Å². The highest BCUT2D eigenvalue weighted by Gasteiger charge is 2.28. The van der Waals surface area contributed by atoms with Gasteiger partial charge in [-0.1, -0.05) is 19.1 Å². The summed E-state index contributed by atoms with van der Waals surface area (Å²) >= 11 is 1.28. The Morgan fingerprint density at radius 2 is 2.06 bits per heavy atom. The van der Waals surface area contributed by atoms with Crippen molar-refractivity contribution in [2.45, 2.75) is 31.6 Å². The molecule has 1 N–H and O–H groups in total. The molecule has 1 aliphatic rings. The number of amides is 1. The third-order valence-corrected chi connectivity index (χ3v) is 8.80. The van der Waals surface area contributed by atoms with Gasteiger partial charge in [0, 0.05) is 29.4 Å². The van der Waals surface area contributed by atoms with Crippen LogP contribution >= 0.6 is 11.3 Å². The molecule has 0 bridgehead atoms. The van der Waals surface area contributed by atoms with Crippen LogP contribution in [0.2, 0.25) is 0 Å². The molecule has 1 amide bonds. The summed E-state index contributed by atoms with van der Waals surface area (Å²) in [4.78, 5) is 17.5. The van der Waals surface area contributed by atoms with Crippen molar-refractivity contribution in [2.75, 3.05) is 25.0 Å². The molecule has 10 heteroatoms. The zero-order chi connectivity index (χ0) is 25.3. The number of thiazole rings is 1. The number of fused-ring (bicyclic) bond motifs is 1. The molecular weight excluding hydrogens is 498 g/mol. The monoisotopic (exact) mass is 525 g/mol. The fourth-order valence-corrected chi connectivity index (χ4v) is 6.63. The number of aromatic nitrogens is 1. The van der Waals surface area contributed by atoms with E-state index >= 15 is 0 Å². The zero-order valence-electron chi connectivity index (χ0n) is 20.1. The number of piperidine rings is 1. The van der Waals surface area contributed by atoms with Gasteiger partial charge in [-0.2, -0.15) is 4.31 Å². The standard InChI is InChI=1S/C26H27N3O5S2/c1-3-33-22-8-4-7-19-14-23(34-24(19)22)21-16-35-26(27-21)28-25(30)18-9-11-20(12-10-18)36(31,32)29-13-5-6-17(2)15-29/h4,7-12,14,16-17H,3,5-6,13,15H2,1-2H3,(H,27,28,30)/t17-/m0/s1. The molecule has 0 radical (unpaired) electrons. The molecule has 0 saturated carbocycles. The van der Waals surface area contributed by atoms with E-state index in [2.05, 4.69) is 17.2 Å². The largest absolute Gasteiger partial charge is 0.490 e. The van der Waals surface area contributed by atoms with Crippen LogP contribution in [0.1, 0.15) is 37.0 Å². The van der Waals surface area contributed by atoms with Crippen LogP contribution in [0.5, 0.6) is 5.75 Å². The number of hydrogen-bond donors (Lipinski definition) is 1. The topological polar surface area (TPSA) is 102 Å². The van der Waals surface area contributed by atoms with Crippen LogP contribution in [0.4, 0.5) is 5.13 Å².